The second kappa shape index (κ2) is 5.44. The summed E-state index contributed by atoms with van der Waals surface area (Å²) in [6.07, 6.45) is -0.231. The average molecular weight is 261 g/mol. The Balaban J connectivity index is 2.18. The predicted octanol–water partition coefficient (Wildman–Crippen LogP) is -0.269. The van der Waals surface area contributed by atoms with E-state index >= 15 is 0 Å². The van der Waals surface area contributed by atoms with Crippen LogP contribution in [0.15, 0.2) is 0 Å². The molecular weight excluding hydrogens is 248 g/mol. The zero-order chi connectivity index (χ0) is 12.3. The van der Waals surface area contributed by atoms with Crippen molar-refractivity contribution in [1.82, 2.24) is 15.0 Å². The van der Waals surface area contributed by atoms with Gasteiger partial charge in [-0.15, -0.1) is 0 Å². The molecule has 1 fully saturated rings. The van der Waals surface area contributed by atoms with E-state index in [0.29, 0.717) is 25.6 Å². The Morgan fingerprint density at radius 2 is 2.35 bits per heavy atom. The van der Waals surface area contributed by atoms with E-state index in [1.807, 2.05) is 4.90 Å². The van der Waals surface area contributed by atoms with Crippen LogP contribution in [0.25, 0.3) is 0 Å². The van der Waals surface area contributed by atoms with Crippen LogP contribution in [0.4, 0.5) is 5.95 Å². The number of aliphatic hydroxyl groups excluding tert-OH is 1. The number of ether oxygens (including phenoxy) is 2. The summed E-state index contributed by atoms with van der Waals surface area (Å²) in [5.41, 5.74) is 0. The van der Waals surface area contributed by atoms with Crippen LogP contribution < -0.4 is 9.64 Å². The average Bonchev–Trinajstić information content (AvgIpc) is 2.38. The molecule has 1 aliphatic rings. The molecule has 1 unspecified atom stereocenters. The van der Waals surface area contributed by atoms with Gasteiger partial charge in [0.15, 0.2) is 0 Å². The van der Waals surface area contributed by atoms with E-state index < -0.39 is 0 Å². The van der Waals surface area contributed by atoms with Gasteiger partial charge in [-0.1, -0.05) is 0 Å². The molecule has 0 aromatic carbocycles. The van der Waals surface area contributed by atoms with Crippen LogP contribution in [0.3, 0.4) is 0 Å². The van der Waals surface area contributed by atoms with E-state index in [-0.39, 0.29) is 24.0 Å². The number of aromatic nitrogens is 3. The second-order valence-corrected chi connectivity index (χ2v) is 3.85. The minimum absolute atomic E-state index is 0.0353. The molecule has 2 rings (SSSR count). The van der Waals surface area contributed by atoms with E-state index in [4.69, 9.17) is 26.2 Å². The quantitative estimate of drug-likeness (QED) is 0.801. The molecule has 0 radical (unpaired) electrons. The second-order valence-electron chi connectivity index (χ2n) is 3.51. The van der Waals surface area contributed by atoms with E-state index in [1.54, 1.807) is 0 Å². The van der Waals surface area contributed by atoms with Gasteiger partial charge in [-0.25, -0.2) is 0 Å². The SMILES string of the molecule is COc1nc(Cl)nc(N2CCOC(CO)C2)n1. The summed E-state index contributed by atoms with van der Waals surface area (Å²) in [5.74, 6) is 0.434. The number of morpholine rings is 1. The maximum Gasteiger partial charge on any atom is 0.322 e. The highest BCUT2D eigenvalue weighted by molar-refractivity contribution is 6.28. The molecule has 1 aromatic rings. The Labute approximate surface area is 103 Å². The molecule has 17 heavy (non-hydrogen) atoms. The van der Waals surface area contributed by atoms with Gasteiger partial charge in [-0.05, 0) is 11.6 Å². The van der Waals surface area contributed by atoms with Crippen molar-refractivity contribution in [3.63, 3.8) is 0 Å². The summed E-state index contributed by atoms with van der Waals surface area (Å²) in [6, 6.07) is 0.173. The zero-order valence-electron chi connectivity index (χ0n) is 9.34. The van der Waals surface area contributed by atoms with Crippen molar-refractivity contribution < 1.29 is 14.6 Å². The van der Waals surface area contributed by atoms with Gasteiger partial charge < -0.3 is 19.5 Å². The first kappa shape index (κ1) is 12.3. The standard InChI is InChI=1S/C9H13ClN4O3/c1-16-9-12-7(10)11-8(13-9)14-2-3-17-6(4-14)5-15/h6,15H,2-5H2,1H3. The third-order valence-corrected chi connectivity index (χ3v) is 2.55. The van der Waals surface area contributed by atoms with E-state index in [2.05, 4.69) is 15.0 Å². The lowest BCUT2D eigenvalue weighted by Crippen LogP contribution is -2.44. The molecule has 1 aromatic heterocycles. The Morgan fingerprint density at radius 1 is 1.53 bits per heavy atom. The van der Waals surface area contributed by atoms with Crippen molar-refractivity contribution in [2.24, 2.45) is 0 Å². The molecule has 0 bridgehead atoms. The van der Waals surface area contributed by atoms with E-state index in [9.17, 15) is 0 Å². The van der Waals surface area contributed by atoms with Crippen LogP contribution >= 0.6 is 11.6 Å². The van der Waals surface area contributed by atoms with Crippen molar-refractivity contribution in [2.75, 3.05) is 38.3 Å². The smallest absolute Gasteiger partial charge is 0.322 e. The molecular formula is C9H13ClN4O3. The highest BCUT2D eigenvalue weighted by atomic mass is 35.5. The van der Waals surface area contributed by atoms with Gasteiger partial charge in [-0.3, -0.25) is 0 Å². The topological polar surface area (TPSA) is 80.6 Å². The number of hydrogen-bond acceptors (Lipinski definition) is 7. The monoisotopic (exact) mass is 260 g/mol. The summed E-state index contributed by atoms with van der Waals surface area (Å²) >= 11 is 5.77. The number of rotatable bonds is 3. The van der Waals surface area contributed by atoms with Crippen LogP contribution in [0.1, 0.15) is 0 Å². The van der Waals surface area contributed by atoms with Gasteiger partial charge in [-0.2, -0.15) is 15.0 Å². The summed E-state index contributed by atoms with van der Waals surface area (Å²) in [7, 11) is 1.46. The van der Waals surface area contributed by atoms with E-state index in [0.717, 1.165) is 0 Å². The Hall–Kier alpha value is -1.18. The largest absolute Gasteiger partial charge is 0.467 e. The third kappa shape index (κ3) is 2.93. The first-order valence-electron chi connectivity index (χ1n) is 5.16. The van der Waals surface area contributed by atoms with Gasteiger partial charge >= 0.3 is 6.01 Å². The maximum absolute atomic E-state index is 9.06. The van der Waals surface area contributed by atoms with Gasteiger partial charge in [0.2, 0.25) is 11.2 Å². The summed E-state index contributed by atoms with van der Waals surface area (Å²) in [4.78, 5) is 13.8. The van der Waals surface area contributed by atoms with Crippen molar-refractivity contribution in [3.8, 4) is 6.01 Å². The minimum atomic E-state index is -0.231. The molecule has 0 spiro atoms. The number of nitrogens with zero attached hydrogens (tertiary/aromatic N) is 4. The Morgan fingerprint density at radius 3 is 3.06 bits per heavy atom. The van der Waals surface area contributed by atoms with Crippen LogP contribution in [0, 0.1) is 0 Å². The van der Waals surface area contributed by atoms with Crippen LogP contribution in [0.2, 0.25) is 5.28 Å². The molecule has 1 aliphatic heterocycles. The van der Waals surface area contributed by atoms with Gasteiger partial charge in [0, 0.05) is 13.1 Å². The van der Waals surface area contributed by atoms with Gasteiger partial charge in [0.1, 0.15) is 0 Å². The molecule has 2 heterocycles. The van der Waals surface area contributed by atoms with Crippen molar-refractivity contribution >= 4 is 17.5 Å². The molecule has 1 N–H and O–H groups in total. The normalized spacial score (nSPS) is 20.4. The lowest BCUT2D eigenvalue weighted by atomic mass is 10.3. The van der Waals surface area contributed by atoms with Crippen molar-refractivity contribution in [3.05, 3.63) is 5.28 Å². The summed E-state index contributed by atoms with van der Waals surface area (Å²) in [5, 5.41) is 9.14. The number of halogens is 1. The van der Waals surface area contributed by atoms with Crippen LogP contribution in [0.5, 0.6) is 6.01 Å². The maximum atomic E-state index is 9.06. The summed E-state index contributed by atoms with van der Waals surface area (Å²) in [6.45, 7) is 1.63. The van der Waals surface area contributed by atoms with Crippen LogP contribution in [-0.4, -0.2) is 59.6 Å². The number of aliphatic hydroxyl groups is 1. The number of methoxy groups -OCH3 is 1. The lowest BCUT2D eigenvalue weighted by molar-refractivity contribution is 0.00310. The molecule has 1 saturated heterocycles. The molecule has 94 valence electrons. The molecule has 0 aliphatic carbocycles. The summed E-state index contributed by atoms with van der Waals surface area (Å²) < 4.78 is 10.3. The Bertz CT molecular complexity index is 393. The van der Waals surface area contributed by atoms with Crippen molar-refractivity contribution in [1.29, 1.82) is 0 Å². The Kier molecular flexibility index (Phi) is 3.93. The molecule has 1 atom stereocenters. The number of hydrogen-bond donors (Lipinski definition) is 1. The van der Waals surface area contributed by atoms with Crippen molar-refractivity contribution in [2.45, 2.75) is 6.10 Å². The molecule has 0 amide bonds. The predicted molar refractivity (Wildman–Crippen MR) is 60.4 cm³/mol. The fourth-order valence-electron chi connectivity index (χ4n) is 1.57. The highest BCUT2D eigenvalue weighted by Crippen LogP contribution is 2.17. The lowest BCUT2D eigenvalue weighted by Gasteiger charge is -2.31. The van der Waals surface area contributed by atoms with Crippen LogP contribution in [-0.2, 0) is 4.74 Å². The highest BCUT2D eigenvalue weighted by Gasteiger charge is 2.22. The first-order chi connectivity index (χ1) is 8.22. The third-order valence-electron chi connectivity index (χ3n) is 2.38. The number of anilines is 1. The minimum Gasteiger partial charge on any atom is -0.467 e. The molecule has 7 nitrogen and oxygen atoms in total. The molecule has 8 heteroatoms. The van der Waals surface area contributed by atoms with E-state index in [1.165, 1.54) is 7.11 Å². The fraction of sp³-hybridized carbons (Fsp3) is 0.667. The zero-order valence-corrected chi connectivity index (χ0v) is 10.1. The fourth-order valence-corrected chi connectivity index (χ4v) is 1.71. The van der Waals surface area contributed by atoms with Gasteiger partial charge in [0.05, 0.1) is 26.4 Å². The first-order valence-corrected chi connectivity index (χ1v) is 5.53. The van der Waals surface area contributed by atoms with Gasteiger partial charge in [0.25, 0.3) is 0 Å². The molecule has 0 saturated carbocycles.